The number of rotatable bonds is 3. The minimum Gasteiger partial charge on any atom is -0.424 e. The van der Waals surface area contributed by atoms with Crippen LogP contribution in [0, 0.1) is 6.92 Å². The largest absolute Gasteiger partial charge is 0.424 e. The van der Waals surface area contributed by atoms with Crippen LogP contribution in [0.2, 0.25) is 0 Å². The lowest BCUT2D eigenvalue weighted by molar-refractivity contribution is -0.137. The minimum atomic E-state index is -4.36. The van der Waals surface area contributed by atoms with E-state index >= 15 is 0 Å². The molecule has 0 amide bonds. The molecule has 1 aliphatic heterocycles. The van der Waals surface area contributed by atoms with Crippen molar-refractivity contribution in [2.75, 3.05) is 19.7 Å². The number of aryl methyl sites for hydroxylation is 1. The van der Waals surface area contributed by atoms with Crippen molar-refractivity contribution in [2.45, 2.75) is 25.7 Å². The SMILES string of the molecule is Cc1nnc(CN2CCOC(c3cccc(C(F)(F)F)c3)C2)o1. The number of aromatic nitrogens is 2. The lowest BCUT2D eigenvalue weighted by Gasteiger charge is -2.32. The topological polar surface area (TPSA) is 51.4 Å². The first-order valence-electron chi connectivity index (χ1n) is 7.22. The zero-order valence-corrected chi connectivity index (χ0v) is 12.5. The maximum atomic E-state index is 12.8. The van der Waals surface area contributed by atoms with Crippen LogP contribution in [0.25, 0.3) is 0 Å². The van der Waals surface area contributed by atoms with Gasteiger partial charge in [0.2, 0.25) is 11.8 Å². The average molecular weight is 327 g/mol. The van der Waals surface area contributed by atoms with E-state index in [1.807, 2.05) is 4.90 Å². The van der Waals surface area contributed by atoms with E-state index in [2.05, 4.69) is 10.2 Å². The van der Waals surface area contributed by atoms with Crippen molar-refractivity contribution in [1.82, 2.24) is 15.1 Å². The Morgan fingerprint density at radius 2 is 2.13 bits per heavy atom. The van der Waals surface area contributed by atoms with Gasteiger partial charge >= 0.3 is 6.18 Å². The number of hydrogen-bond donors (Lipinski definition) is 0. The minimum absolute atomic E-state index is 0.407. The highest BCUT2D eigenvalue weighted by molar-refractivity contribution is 5.27. The Bertz CT molecular complexity index is 672. The van der Waals surface area contributed by atoms with E-state index in [-0.39, 0.29) is 0 Å². The molecule has 1 aromatic heterocycles. The number of halogens is 3. The first kappa shape index (κ1) is 15.9. The van der Waals surface area contributed by atoms with Gasteiger partial charge < -0.3 is 9.15 Å². The molecule has 0 radical (unpaired) electrons. The molecule has 1 unspecified atom stereocenters. The molecular weight excluding hydrogens is 311 g/mol. The van der Waals surface area contributed by atoms with Crippen molar-refractivity contribution in [1.29, 1.82) is 0 Å². The molecular formula is C15H16F3N3O2. The molecule has 8 heteroatoms. The van der Waals surface area contributed by atoms with Crippen molar-refractivity contribution in [2.24, 2.45) is 0 Å². The Labute approximate surface area is 131 Å². The van der Waals surface area contributed by atoms with Gasteiger partial charge in [-0.2, -0.15) is 13.2 Å². The number of hydrogen-bond acceptors (Lipinski definition) is 5. The van der Waals surface area contributed by atoms with Gasteiger partial charge in [0.25, 0.3) is 0 Å². The second-order valence-corrected chi connectivity index (χ2v) is 5.43. The highest BCUT2D eigenvalue weighted by Gasteiger charge is 2.32. The van der Waals surface area contributed by atoms with Gasteiger partial charge in [0.05, 0.1) is 24.8 Å². The van der Waals surface area contributed by atoms with Gasteiger partial charge in [0.1, 0.15) is 0 Å². The summed E-state index contributed by atoms with van der Waals surface area (Å²) in [5.74, 6) is 0.981. The molecule has 5 nitrogen and oxygen atoms in total. The van der Waals surface area contributed by atoms with E-state index in [1.54, 1.807) is 13.0 Å². The summed E-state index contributed by atoms with van der Waals surface area (Å²) in [4.78, 5) is 2.03. The fraction of sp³-hybridized carbons (Fsp3) is 0.467. The first-order valence-corrected chi connectivity index (χ1v) is 7.22. The smallest absolute Gasteiger partial charge is 0.416 e. The lowest BCUT2D eigenvalue weighted by atomic mass is 10.0. The average Bonchev–Trinajstić information content (AvgIpc) is 2.92. The van der Waals surface area contributed by atoms with Gasteiger partial charge in [-0.15, -0.1) is 10.2 Å². The van der Waals surface area contributed by atoms with Gasteiger partial charge in [-0.05, 0) is 17.7 Å². The van der Waals surface area contributed by atoms with Crippen molar-refractivity contribution in [3.8, 4) is 0 Å². The summed E-state index contributed by atoms with van der Waals surface area (Å²) >= 11 is 0. The fourth-order valence-electron chi connectivity index (χ4n) is 2.56. The molecule has 124 valence electrons. The van der Waals surface area contributed by atoms with Gasteiger partial charge in [0.15, 0.2) is 0 Å². The number of nitrogens with zero attached hydrogens (tertiary/aromatic N) is 3. The van der Waals surface area contributed by atoms with E-state index in [0.29, 0.717) is 43.6 Å². The summed E-state index contributed by atoms with van der Waals surface area (Å²) in [6.45, 7) is 3.74. The Hall–Kier alpha value is -1.93. The summed E-state index contributed by atoms with van der Waals surface area (Å²) in [5, 5.41) is 7.70. The molecule has 1 atom stereocenters. The van der Waals surface area contributed by atoms with Crippen LogP contribution in [0.5, 0.6) is 0 Å². The summed E-state index contributed by atoms with van der Waals surface area (Å²) in [7, 11) is 0. The molecule has 0 saturated carbocycles. The van der Waals surface area contributed by atoms with Crippen LogP contribution in [-0.2, 0) is 17.5 Å². The third-order valence-electron chi connectivity index (χ3n) is 3.66. The maximum absolute atomic E-state index is 12.8. The van der Waals surface area contributed by atoms with Crippen molar-refractivity contribution >= 4 is 0 Å². The van der Waals surface area contributed by atoms with E-state index in [1.165, 1.54) is 6.07 Å². The molecule has 2 aromatic rings. The van der Waals surface area contributed by atoms with Gasteiger partial charge in [0, 0.05) is 20.0 Å². The highest BCUT2D eigenvalue weighted by atomic mass is 19.4. The summed E-state index contributed by atoms with van der Waals surface area (Å²) < 4.78 is 49.4. The summed E-state index contributed by atoms with van der Waals surface area (Å²) in [6.07, 6.45) is -4.76. The zero-order chi connectivity index (χ0) is 16.4. The quantitative estimate of drug-likeness (QED) is 0.867. The van der Waals surface area contributed by atoms with Gasteiger partial charge in [-0.1, -0.05) is 12.1 Å². The standard InChI is InChI=1S/C15H16F3N3O2/c1-10-19-20-14(23-10)9-21-5-6-22-13(8-21)11-3-2-4-12(7-11)15(16,17)18/h2-4,7,13H,5-6,8-9H2,1H3. The monoisotopic (exact) mass is 327 g/mol. The highest BCUT2D eigenvalue weighted by Crippen LogP contribution is 2.32. The molecule has 1 saturated heterocycles. The number of alkyl halides is 3. The molecule has 0 bridgehead atoms. The number of morpholine rings is 1. The third kappa shape index (κ3) is 3.89. The predicted molar refractivity (Wildman–Crippen MR) is 74.4 cm³/mol. The molecule has 0 aliphatic carbocycles. The zero-order valence-electron chi connectivity index (χ0n) is 12.5. The Balaban J connectivity index is 1.71. The van der Waals surface area contributed by atoms with Gasteiger partial charge in [-0.25, -0.2) is 0 Å². The van der Waals surface area contributed by atoms with Crippen LogP contribution in [0.1, 0.15) is 29.0 Å². The van der Waals surface area contributed by atoms with Gasteiger partial charge in [-0.3, -0.25) is 4.90 Å². The lowest BCUT2D eigenvalue weighted by Crippen LogP contribution is -2.38. The van der Waals surface area contributed by atoms with Crippen LogP contribution in [-0.4, -0.2) is 34.8 Å². The third-order valence-corrected chi connectivity index (χ3v) is 3.66. The van der Waals surface area contributed by atoms with Crippen LogP contribution < -0.4 is 0 Å². The first-order chi connectivity index (χ1) is 10.9. The summed E-state index contributed by atoms with van der Waals surface area (Å²) in [5.41, 5.74) is -0.144. The van der Waals surface area contributed by atoms with Crippen LogP contribution in [0.3, 0.4) is 0 Å². The molecule has 1 fully saturated rings. The van der Waals surface area contributed by atoms with E-state index in [4.69, 9.17) is 9.15 Å². The molecule has 2 heterocycles. The van der Waals surface area contributed by atoms with Crippen molar-refractivity contribution in [3.05, 3.63) is 47.2 Å². The molecule has 0 spiro atoms. The van der Waals surface area contributed by atoms with E-state index < -0.39 is 17.8 Å². The van der Waals surface area contributed by atoms with Crippen LogP contribution in [0.4, 0.5) is 13.2 Å². The van der Waals surface area contributed by atoms with E-state index in [0.717, 1.165) is 12.1 Å². The molecule has 3 rings (SSSR count). The summed E-state index contributed by atoms with van der Waals surface area (Å²) in [6, 6.07) is 5.26. The molecule has 1 aromatic carbocycles. The molecule has 0 N–H and O–H groups in total. The maximum Gasteiger partial charge on any atom is 0.416 e. The number of benzene rings is 1. The van der Waals surface area contributed by atoms with Crippen LogP contribution >= 0.6 is 0 Å². The number of ether oxygens (including phenoxy) is 1. The van der Waals surface area contributed by atoms with Crippen molar-refractivity contribution < 1.29 is 22.3 Å². The molecule has 1 aliphatic rings. The fourth-order valence-corrected chi connectivity index (χ4v) is 2.56. The Kier molecular flexibility index (Phi) is 4.36. The second-order valence-electron chi connectivity index (χ2n) is 5.43. The Morgan fingerprint density at radius 1 is 1.30 bits per heavy atom. The van der Waals surface area contributed by atoms with E-state index in [9.17, 15) is 13.2 Å². The normalized spacial score (nSPS) is 19.9. The molecule has 23 heavy (non-hydrogen) atoms. The second kappa shape index (κ2) is 6.29. The van der Waals surface area contributed by atoms with Crippen molar-refractivity contribution in [3.63, 3.8) is 0 Å². The van der Waals surface area contributed by atoms with Crippen LogP contribution in [0.15, 0.2) is 28.7 Å². The predicted octanol–water partition coefficient (Wildman–Crippen LogP) is 2.97. The Morgan fingerprint density at radius 3 is 2.83 bits per heavy atom.